The van der Waals surface area contributed by atoms with E-state index in [1.807, 2.05) is 13.8 Å². The molecule has 2 aromatic heterocycles. The topological polar surface area (TPSA) is 129 Å². The predicted octanol–water partition coefficient (Wildman–Crippen LogP) is 2.10. The number of fused-ring (bicyclic) bond motifs is 1. The lowest BCUT2D eigenvalue weighted by Crippen LogP contribution is -2.54. The normalized spacial score (nSPS) is 14.9. The largest absolute Gasteiger partial charge is 0.493 e. The maximum absolute atomic E-state index is 13.3. The molecule has 0 amide bonds. The standard InChI is InChI=1S/C24H33N5O6S/c1-5-8-19-21-22(28(3)27-19)24(30)26-23(25-21)18-13-17(9-10-20(18)34-6-2)36(31,32)29-14-16(15-29)35-12-7-11-33-4/h9-10,13,16H,5-8,11-12,14-15H2,1-4H3,(H,25,26,30). The minimum atomic E-state index is -3.76. The maximum atomic E-state index is 13.3. The third-order valence-corrected chi connectivity index (χ3v) is 7.88. The summed E-state index contributed by atoms with van der Waals surface area (Å²) in [5, 5.41) is 4.45. The summed E-state index contributed by atoms with van der Waals surface area (Å²) in [6, 6.07) is 4.62. The van der Waals surface area contributed by atoms with Crippen LogP contribution in [-0.4, -0.2) is 78.6 Å². The fourth-order valence-corrected chi connectivity index (χ4v) is 5.75. The van der Waals surface area contributed by atoms with E-state index in [-0.39, 0.29) is 35.5 Å². The van der Waals surface area contributed by atoms with Crippen LogP contribution in [0.15, 0.2) is 27.9 Å². The Balaban J connectivity index is 1.66. The van der Waals surface area contributed by atoms with Gasteiger partial charge in [-0.25, -0.2) is 13.4 Å². The van der Waals surface area contributed by atoms with Crippen molar-refractivity contribution in [1.82, 2.24) is 24.1 Å². The molecule has 0 aliphatic carbocycles. The van der Waals surface area contributed by atoms with Crippen molar-refractivity contribution < 1.29 is 22.6 Å². The van der Waals surface area contributed by atoms with Crippen molar-refractivity contribution in [3.8, 4) is 17.1 Å². The fourth-order valence-electron chi connectivity index (χ4n) is 4.22. The first kappa shape index (κ1) is 26.3. The molecule has 4 rings (SSSR count). The first-order valence-electron chi connectivity index (χ1n) is 12.1. The number of nitrogens with zero attached hydrogens (tertiary/aromatic N) is 4. The van der Waals surface area contributed by atoms with Crippen molar-refractivity contribution in [2.45, 2.75) is 44.1 Å². The number of nitrogens with one attached hydrogen (secondary N) is 1. The SMILES string of the molecule is CCCc1nn(C)c2c(=O)[nH]c(-c3cc(S(=O)(=O)N4CC(OCCCOC)C4)ccc3OCC)nc12. The van der Waals surface area contributed by atoms with Crippen LogP contribution < -0.4 is 10.3 Å². The number of aromatic amines is 1. The zero-order valence-electron chi connectivity index (χ0n) is 21.1. The third-order valence-electron chi connectivity index (χ3n) is 6.05. The number of rotatable bonds is 12. The number of hydrogen-bond donors (Lipinski definition) is 1. The molecule has 36 heavy (non-hydrogen) atoms. The number of aryl methyl sites for hydroxylation is 2. The smallest absolute Gasteiger partial charge is 0.277 e. The second kappa shape index (κ2) is 11.1. The summed E-state index contributed by atoms with van der Waals surface area (Å²) in [6.07, 6.45) is 2.14. The van der Waals surface area contributed by atoms with Crippen LogP contribution in [0.2, 0.25) is 0 Å². The molecular formula is C24H33N5O6S. The Hall–Kier alpha value is -2.80. The molecule has 1 N–H and O–H groups in total. The molecule has 1 saturated heterocycles. The van der Waals surface area contributed by atoms with Gasteiger partial charge in [-0.3, -0.25) is 9.48 Å². The van der Waals surface area contributed by atoms with E-state index in [1.54, 1.807) is 20.2 Å². The Bertz CT molecular complexity index is 1380. The summed E-state index contributed by atoms with van der Waals surface area (Å²) in [5.74, 6) is 0.671. The highest BCUT2D eigenvalue weighted by molar-refractivity contribution is 7.89. The van der Waals surface area contributed by atoms with E-state index in [2.05, 4.69) is 10.1 Å². The lowest BCUT2D eigenvalue weighted by molar-refractivity contribution is -0.0257. The number of sulfonamides is 1. The second-order valence-electron chi connectivity index (χ2n) is 8.68. The average Bonchev–Trinajstić information content (AvgIpc) is 3.13. The van der Waals surface area contributed by atoms with Gasteiger partial charge in [-0.1, -0.05) is 13.3 Å². The van der Waals surface area contributed by atoms with Crippen LogP contribution in [0.3, 0.4) is 0 Å². The Morgan fingerprint density at radius 2 is 1.97 bits per heavy atom. The Kier molecular flexibility index (Phi) is 8.08. The van der Waals surface area contributed by atoms with Gasteiger partial charge in [0.2, 0.25) is 10.0 Å². The van der Waals surface area contributed by atoms with Crippen LogP contribution in [0.4, 0.5) is 0 Å². The lowest BCUT2D eigenvalue weighted by atomic mass is 10.1. The summed E-state index contributed by atoms with van der Waals surface area (Å²) in [6.45, 7) is 5.93. The molecule has 0 atom stereocenters. The highest BCUT2D eigenvalue weighted by Gasteiger charge is 2.37. The minimum absolute atomic E-state index is 0.0986. The Morgan fingerprint density at radius 1 is 1.19 bits per heavy atom. The second-order valence-corrected chi connectivity index (χ2v) is 10.6. The summed E-state index contributed by atoms with van der Waals surface area (Å²) >= 11 is 0. The summed E-state index contributed by atoms with van der Waals surface area (Å²) in [4.78, 5) is 20.5. The predicted molar refractivity (Wildman–Crippen MR) is 135 cm³/mol. The van der Waals surface area contributed by atoms with Crippen LogP contribution in [0.5, 0.6) is 5.75 Å². The van der Waals surface area contributed by atoms with Crippen LogP contribution in [0.1, 0.15) is 32.4 Å². The highest BCUT2D eigenvalue weighted by Crippen LogP contribution is 2.33. The van der Waals surface area contributed by atoms with Crippen LogP contribution in [0, 0.1) is 0 Å². The van der Waals surface area contributed by atoms with E-state index < -0.39 is 10.0 Å². The molecule has 3 aromatic rings. The van der Waals surface area contributed by atoms with Gasteiger partial charge >= 0.3 is 0 Å². The van der Waals surface area contributed by atoms with E-state index >= 15 is 0 Å². The van der Waals surface area contributed by atoms with E-state index in [0.717, 1.165) is 18.5 Å². The monoisotopic (exact) mass is 519 g/mol. The molecule has 1 aliphatic rings. The summed E-state index contributed by atoms with van der Waals surface area (Å²) in [5.41, 5.74) is 1.66. The first-order chi connectivity index (χ1) is 17.3. The zero-order chi connectivity index (χ0) is 25.9. The van der Waals surface area contributed by atoms with Gasteiger partial charge in [0.15, 0.2) is 5.52 Å². The first-order valence-corrected chi connectivity index (χ1v) is 13.6. The molecule has 1 aliphatic heterocycles. The van der Waals surface area contributed by atoms with Gasteiger partial charge in [-0.15, -0.1) is 0 Å². The molecule has 0 unspecified atom stereocenters. The molecule has 11 nitrogen and oxygen atoms in total. The van der Waals surface area contributed by atoms with E-state index in [4.69, 9.17) is 19.2 Å². The maximum Gasteiger partial charge on any atom is 0.277 e. The number of benzene rings is 1. The Labute approximate surface area is 210 Å². The van der Waals surface area contributed by atoms with Gasteiger partial charge in [0.1, 0.15) is 17.1 Å². The fraction of sp³-hybridized carbons (Fsp3) is 0.542. The molecule has 196 valence electrons. The number of aromatic nitrogens is 4. The molecule has 0 saturated carbocycles. The molecule has 0 spiro atoms. The van der Waals surface area contributed by atoms with Gasteiger partial charge < -0.3 is 19.2 Å². The van der Waals surface area contributed by atoms with Gasteiger partial charge in [-0.05, 0) is 38.0 Å². The van der Waals surface area contributed by atoms with E-state index in [9.17, 15) is 13.2 Å². The van der Waals surface area contributed by atoms with Crippen LogP contribution >= 0.6 is 0 Å². The molecule has 3 heterocycles. The van der Waals surface area contributed by atoms with Crippen molar-refractivity contribution in [2.75, 3.05) is 40.0 Å². The van der Waals surface area contributed by atoms with Crippen LogP contribution in [0.25, 0.3) is 22.4 Å². The van der Waals surface area contributed by atoms with E-state index in [1.165, 1.54) is 21.1 Å². The quantitative estimate of drug-likeness (QED) is 0.360. The number of methoxy groups -OCH3 is 1. The van der Waals surface area contributed by atoms with E-state index in [0.29, 0.717) is 48.6 Å². The van der Waals surface area contributed by atoms with Crippen molar-refractivity contribution in [3.63, 3.8) is 0 Å². The van der Waals surface area contributed by atoms with Gasteiger partial charge in [0, 0.05) is 40.5 Å². The number of hydrogen-bond acceptors (Lipinski definition) is 8. The average molecular weight is 520 g/mol. The molecule has 1 aromatic carbocycles. The Morgan fingerprint density at radius 3 is 2.67 bits per heavy atom. The number of ether oxygens (including phenoxy) is 3. The number of H-pyrrole nitrogens is 1. The summed E-state index contributed by atoms with van der Waals surface area (Å²) < 4.78 is 46.0. The van der Waals surface area contributed by atoms with Crippen molar-refractivity contribution in [3.05, 3.63) is 34.2 Å². The molecule has 0 radical (unpaired) electrons. The summed E-state index contributed by atoms with van der Waals surface area (Å²) in [7, 11) is -0.422. The zero-order valence-corrected chi connectivity index (χ0v) is 21.9. The highest BCUT2D eigenvalue weighted by atomic mass is 32.2. The molecule has 0 bridgehead atoms. The van der Waals surface area contributed by atoms with Gasteiger partial charge in [-0.2, -0.15) is 9.40 Å². The van der Waals surface area contributed by atoms with Gasteiger partial charge in [0.05, 0.1) is 28.9 Å². The van der Waals surface area contributed by atoms with Crippen LogP contribution in [-0.2, 0) is 33.0 Å². The minimum Gasteiger partial charge on any atom is -0.493 e. The van der Waals surface area contributed by atoms with Crippen molar-refractivity contribution in [2.24, 2.45) is 7.05 Å². The third kappa shape index (κ3) is 5.17. The van der Waals surface area contributed by atoms with Gasteiger partial charge in [0.25, 0.3) is 5.56 Å². The molecule has 1 fully saturated rings. The van der Waals surface area contributed by atoms with Crippen molar-refractivity contribution >= 4 is 21.1 Å². The lowest BCUT2D eigenvalue weighted by Gasteiger charge is -2.37. The molecule has 12 heteroatoms. The molecular weight excluding hydrogens is 486 g/mol. The van der Waals surface area contributed by atoms with Crippen molar-refractivity contribution in [1.29, 1.82) is 0 Å².